The van der Waals surface area contributed by atoms with Crippen LogP contribution in [-0.4, -0.2) is 55.0 Å². The number of aliphatic hydroxyl groups is 1. The molecule has 1 N–H and O–H groups in total. The van der Waals surface area contributed by atoms with Crippen LogP contribution in [0, 0.1) is 48.4 Å². The zero-order valence-electron chi connectivity index (χ0n) is 17.4. The maximum Gasteiger partial charge on any atom is 0.184 e. The number of ether oxygens (including phenoxy) is 5. The van der Waals surface area contributed by atoms with Gasteiger partial charge in [-0.15, -0.1) is 24.7 Å². The molecule has 2 saturated carbocycles. The van der Waals surface area contributed by atoms with Gasteiger partial charge in [0.05, 0.1) is 6.61 Å². The number of hydrogen-bond acceptors (Lipinski definition) is 6. The lowest BCUT2D eigenvalue weighted by molar-refractivity contribution is -0.346. The molecule has 30 heavy (non-hydrogen) atoms. The van der Waals surface area contributed by atoms with Gasteiger partial charge < -0.3 is 28.8 Å². The van der Waals surface area contributed by atoms with Crippen LogP contribution in [0.15, 0.2) is 0 Å². The van der Waals surface area contributed by atoms with Crippen molar-refractivity contribution in [2.75, 3.05) is 6.61 Å². The Labute approximate surface area is 178 Å². The van der Waals surface area contributed by atoms with Crippen molar-refractivity contribution < 1.29 is 28.8 Å². The molecule has 0 spiro atoms. The Hall–Kier alpha value is -1.12. The third-order valence-electron chi connectivity index (χ3n) is 7.69. The van der Waals surface area contributed by atoms with E-state index in [-0.39, 0.29) is 30.9 Å². The first-order chi connectivity index (χ1) is 14.7. The Morgan fingerprint density at radius 3 is 1.77 bits per heavy atom. The highest BCUT2D eigenvalue weighted by molar-refractivity contribution is 5.00. The topological polar surface area (TPSA) is 66.4 Å². The maximum atomic E-state index is 10.5. The standard InChI is InChI=1S/C24H32O6/c1-3-14-5-9-16(10-6-14)23-26-13-18-19(28-23)20-21(22(25)27-18)30-24(29-20)17-11-7-15(4-2)8-12-17/h1-2,14-25H,5-13H2. The highest BCUT2D eigenvalue weighted by Crippen LogP contribution is 2.43. The molecule has 0 aromatic heterocycles. The van der Waals surface area contributed by atoms with Gasteiger partial charge >= 0.3 is 0 Å². The minimum Gasteiger partial charge on any atom is -0.366 e. The maximum absolute atomic E-state index is 10.5. The van der Waals surface area contributed by atoms with E-state index >= 15 is 0 Å². The van der Waals surface area contributed by atoms with Gasteiger partial charge in [-0.2, -0.15) is 0 Å². The third kappa shape index (κ3) is 3.91. The van der Waals surface area contributed by atoms with E-state index in [1.807, 2.05) is 0 Å². The van der Waals surface area contributed by atoms with Crippen molar-refractivity contribution in [3.63, 3.8) is 0 Å². The van der Waals surface area contributed by atoms with Gasteiger partial charge in [0.25, 0.3) is 0 Å². The highest BCUT2D eigenvalue weighted by Gasteiger charge is 2.56. The van der Waals surface area contributed by atoms with Gasteiger partial charge in [-0.05, 0) is 51.4 Å². The van der Waals surface area contributed by atoms with Gasteiger partial charge in [0, 0.05) is 23.7 Å². The van der Waals surface area contributed by atoms with Gasteiger partial charge in [-0.25, -0.2) is 0 Å². The van der Waals surface area contributed by atoms with Crippen molar-refractivity contribution in [3.8, 4) is 24.7 Å². The summed E-state index contributed by atoms with van der Waals surface area (Å²) in [5.41, 5.74) is 0. The first-order valence-corrected chi connectivity index (χ1v) is 11.5. The van der Waals surface area contributed by atoms with Crippen LogP contribution >= 0.6 is 0 Å². The summed E-state index contributed by atoms with van der Waals surface area (Å²) in [7, 11) is 0. The van der Waals surface area contributed by atoms with E-state index in [0.29, 0.717) is 30.3 Å². The fourth-order valence-corrected chi connectivity index (χ4v) is 5.80. The van der Waals surface area contributed by atoms with E-state index in [1.165, 1.54) is 0 Å². The monoisotopic (exact) mass is 416 g/mol. The van der Waals surface area contributed by atoms with Crippen LogP contribution < -0.4 is 0 Å². The van der Waals surface area contributed by atoms with Crippen LogP contribution in [0.5, 0.6) is 0 Å². The lowest BCUT2D eigenvalue weighted by atomic mass is 9.81. The Morgan fingerprint density at radius 2 is 1.17 bits per heavy atom. The van der Waals surface area contributed by atoms with E-state index in [4.69, 9.17) is 36.5 Å². The number of fused-ring (bicyclic) bond motifs is 3. The summed E-state index contributed by atoms with van der Waals surface area (Å²) in [5.74, 6) is 7.08. The van der Waals surface area contributed by atoms with Crippen molar-refractivity contribution in [2.45, 2.75) is 94.7 Å². The number of terminal acetylenes is 2. The molecule has 0 aromatic rings. The minimum absolute atomic E-state index is 0.279. The lowest BCUT2D eigenvalue weighted by Gasteiger charge is -2.46. The average molecular weight is 417 g/mol. The molecule has 6 heteroatoms. The molecule has 0 radical (unpaired) electrons. The van der Waals surface area contributed by atoms with Crippen LogP contribution in [0.1, 0.15) is 51.4 Å². The first kappa shape index (κ1) is 20.8. The lowest BCUT2D eigenvalue weighted by Crippen LogP contribution is -2.62. The molecular weight excluding hydrogens is 384 g/mol. The highest BCUT2D eigenvalue weighted by atomic mass is 16.8. The second-order valence-corrected chi connectivity index (χ2v) is 9.49. The molecule has 0 bridgehead atoms. The second kappa shape index (κ2) is 8.79. The Morgan fingerprint density at radius 1 is 0.633 bits per heavy atom. The summed E-state index contributed by atoms with van der Waals surface area (Å²) >= 11 is 0. The van der Waals surface area contributed by atoms with Crippen molar-refractivity contribution in [3.05, 3.63) is 0 Å². The van der Waals surface area contributed by atoms with Crippen molar-refractivity contribution >= 4 is 0 Å². The summed E-state index contributed by atoms with van der Waals surface area (Å²) in [5, 5.41) is 10.5. The molecule has 3 heterocycles. The van der Waals surface area contributed by atoms with Crippen LogP contribution in [0.3, 0.4) is 0 Å². The molecule has 0 amide bonds. The molecule has 164 valence electrons. The Balaban J connectivity index is 1.23. The number of aliphatic hydroxyl groups excluding tert-OH is 1. The zero-order valence-corrected chi connectivity index (χ0v) is 17.4. The predicted octanol–water partition coefficient (Wildman–Crippen LogP) is 2.43. The van der Waals surface area contributed by atoms with Gasteiger partial charge in [0.1, 0.15) is 24.4 Å². The predicted molar refractivity (Wildman–Crippen MR) is 108 cm³/mol. The van der Waals surface area contributed by atoms with Crippen molar-refractivity contribution in [1.29, 1.82) is 0 Å². The summed E-state index contributed by atoms with van der Waals surface area (Å²) in [6.45, 7) is 0.395. The molecule has 7 atom stereocenters. The average Bonchev–Trinajstić information content (AvgIpc) is 3.26. The summed E-state index contributed by atoms with van der Waals surface area (Å²) in [4.78, 5) is 0. The van der Waals surface area contributed by atoms with Crippen LogP contribution in [0.2, 0.25) is 0 Å². The first-order valence-electron chi connectivity index (χ1n) is 11.5. The fourth-order valence-electron chi connectivity index (χ4n) is 5.80. The molecule has 2 aliphatic carbocycles. The summed E-state index contributed by atoms with van der Waals surface area (Å²) < 4.78 is 30.7. The van der Waals surface area contributed by atoms with E-state index in [2.05, 4.69) is 11.8 Å². The van der Waals surface area contributed by atoms with Gasteiger partial charge in [0.2, 0.25) is 0 Å². The van der Waals surface area contributed by atoms with E-state index in [9.17, 15) is 5.11 Å². The molecule has 7 unspecified atom stereocenters. The largest absolute Gasteiger partial charge is 0.366 e. The summed E-state index contributed by atoms with van der Waals surface area (Å²) in [6.07, 6.45) is 16.0. The molecule has 3 saturated heterocycles. The number of hydrogen-bond donors (Lipinski definition) is 1. The van der Waals surface area contributed by atoms with Crippen molar-refractivity contribution in [1.82, 2.24) is 0 Å². The zero-order chi connectivity index (χ0) is 20.7. The molecule has 3 aliphatic heterocycles. The van der Waals surface area contributed by atoms with Crippen LogP contribution in [0.25, 0.3) is 0 Å². The van der Waals surface area contributed by atoms with Gasteiger partial charge in [-0.1, -0.05) is 0 Å². The molecule has 5 fully saturated rings. The number of rotatable bonds is 2. The Kier molecular flexibility index (Phi) is 6.08. The quantitative estimate of drug-likeness (QED) is 0.698. The van der Waals surface area contributed by atoms with Gasteiger partial charge in [-0.3, -0.25) is 0 Å². The normalized spacial score (nSPS) is 51.2. The molecule has 0 aromatic carbocycles. The van der Waals surface area contributed by atoms with E-state index < -0.39 is 12.4 Å². The molecular formula is C24H32O6. The second-order valence-electron chi connectivity index (χ2n) is 9.49. The molecule has 6 nitrogen and oxygen atoms in total. The SMILES string of the molecule is C#CC1CCC(C2OCC3OC(O)C4OC(C5CCC(C#C)CC5)OC4C3O2)CC1. The van der Waals surface area contributed by atoms with Crippen LogP contribution in [0.4, 0.5) is 0 Å². The van der Waals surface area contributed by atoms with Gasteiger partial charge in [0.15, 0.2) is 18.9 Å². The van der Waals surface area contributed by atoms with Crippen molar-refractivity contribution in [2.24, 2.45) is 23.7 Å². The molecule has 5 rings (SSSR count). The minimum atomic E-state index is -1.03. The van der Waals surface area contributed by atoms with E-state index in [1.54, 1.807) is 0 Å². The van der Waals surface area contributed by atoms with E-state index in [0.717, 1.165) is 51.4 Å². The third-order valence-corrected chi connectivity index (χ3v) is 7.69. The molecule has 5 aliphatic rings. The summed E-state index contributed by atoms with van der Waals surface area (Å²) in [6, 6.07) is 0. The fraction of sp³-hybridized carbons (Fsp3) is 0.833. The van der Waals surface area contributed by atoms with Crippen LogP contribution in [-0.2, 0) is 23.7 Å². The Bertz CT molecular complexity index is 681. The smallest absolute Gasteiger partial charge is 0.184 e.